The summed E-state index contributed by atoms with van der Waals surface area (Å²) in [5.74, 6) is 1.10. The third-order valence-electron chi connectivity index (χ3n) is 6.35. The molecule has 1 atom stereocenters. The maximum atomic E-state index is 13.0. The largest absolute Gasteiger partial charge is 0.496 e. The van der Waals surface area contributed by atoms with E-state index in [0.29, 0.717) is 12.0 Å². The molecule has 0 radical (unpaired) electrons. The van der Waals surface area contributed by atoms with Gasteiger partial charge in [-0.05, 0) is 75.8 Å². The molecule has 2 aliphatic heterocycles. The van der Waals surface area contributed by atoms with Gasteiger partial charge < -0.3 is 15.0 Å². The molecule has 1 N–H and O–H groups in total. The van der Waals surface area contributed by atoms with Crippen molar-refractivity contribution in [1.29, 1.82) is 0 Å². The SMILES string of the molecule is CCCN1CC2(CCN(C)CC2)CC1C(=O)NCCc1ccccc1OC. The lowest BCUT2D eigenvalue weighted by Gasteiger charge is -2.37. The summed E-state index contributed by atoms with van der Waals surface area (Å²) < 4.78 is 5.41. The Labute approximate surface area is 164 Å². The number of benzene rings is 1. The third kappa shape index (κ3) is 4.82. The van der Waals surface area contributed by atoms with Crippen molar-refractivity contribution in [3.8, 4) is 5.75 Å². The number of carbonyl (C=O) groups excluding carboxylic acids is 1. The Morgan fingerprint density at radius 3 is 2.74 bits per heavy atom. The first-order valence-electron chi connectivity index (χ1n) is 10.4. The first-order chi connectivity index (χ1) is 13.1. The van der Waals surface area contributed by atoms with Gasteiger partial charge in [0.15, 0.2) is 0 Å². The molecule has 2 aliphatic rings. The molecule has 150 valence electrons. The van der Waals surface area contributed by atoms with Crippen molar-refractivity contribution >= 4 is 5.91 Å². The first kappa shape index (κ1) is 20.2. The number of ether oxygens (including phenoxy) is 1. The molecule has 1 aromatic rings. The lowest BCUT2D eigenvalue weighted by molar-refractivity contribution is -0.125. The number of carbonyl (C=O) groups is 1. The second-order valence-corrected chi connectivity index (χ2v) is 8.35. The van der Waals surface area contributed by atoms with E-state index in [0.717, 1.165) is 56.8 Å². The van der Waals surface area contributed by atoms with Crippen LogP contribution in [0.2, 0.25) is 0 Å². The average Bonchev–Trinajstić information content (AvgIpc) is 3.03. The molecular formula is C22H35N3O2. The second kappa shape index (κ2) is 9.07. The predicted octanol–water partition coefficient (Wildman–Crippen LogP) is 2.55. The van der Waals surface area contributed by atoms with Gasteiger partial charge in [-0.2, -0.15) is 0 Å². The van der Waals surface area contributed by atoms with E-state index in [1.807, 2.05) is 18.2 Å². The molecule has 0 saturated carbocycles. The van der Waals surface area contributed by atoms with Crippen LogP contribution in [0.1, 0.15) is 38.2 Å². The van der Waals surface area contributed by atoms with E-state index in [-0.39, 0.29) is 11.9 Å². The number of nitrogens with one attached hydrogen (secondary N) is 1. The Hall–Kier alpha value is -1.59. The van der Waals surface area contributed by atoms with Crippen LogP contribution in [0.15, 0.2) is 24.3 Å². The lowest BCUT2D eigenvalue weighted by Crippen LogP contribution is -2.44. The van der Waals surface area contributed by atoms with Crippen molar-refractivity contribution < 1.29 is 9.53 Å². The molecule has 1 unspecified atom stereocenters. The average molecular weight is 374 g/mol. The number of piperidine rings is 1. The molecule has 1 amide bonds. The molecular weight excluding hydrogens is 338 g/mol. The summed E-state index contributed by atoms with van der Waals surface area (Å²) in [6, 6.07) is 8.07. The number of likely N-dealkylation sites (tertiary alicyclic amines) is 2. The molecule has 27 heavy (non-hydrogen) atoms. The van der Waals surface area contributed by atoms with E-state index >= 15 is 0 Å². The number of hydrogen-bond donors (Lipinski definition) is 1. The van der Waals surface area contributed by atoms with Crippen LogP contribution in [-0.2, 0) is 11.2 Å². The quantitative estimate of drug-likeness (QED) is 0.798. The minimum absolute atomic E-state index is 0.0334. The maximum absolute atomic E-state index is 13.0. The Morgan fingerprint density at radius 1 is 1.30 bits per heavy atom. The highest BCUT2D eigenvalue weighted by Gasteiger charge is 2.47. The number of rotatable bonds is 7. The zero-order chi connectivity index (χ0) is 19.3. The third-order valence-corrected chi connectivity index (χ3v) is 6.35. The Balaban J connectivity index is 1.57. The van der Waals surface area contributed by atoms with Gasteiger partial charge in [0, 0.05) is 13.1 Å². The van der Waals surface area contributed by atoms with Crippen LogP contribution in [0.25, 0.3) is 0 Å². The highest BCUT2D eigenvalue weighted by Crippen LogP contribution is 2.43. The molecule has 1 spiro atoms. The van der Waals surface area contributed by atoms with Gasteiger partial charge in [0.1, 0.15) is 5.75 Å². The normalized spacial score (nSPS) is 22.9. The van der Waals surface area contributed by atoms with E-state index in [4.69, 9.17) is 4.74 Å². The number of amides is 1. The smallest absolute Gasteiger partial charge is 0.237 e. The fraction of sp³-hybridized carbons (Fsp3) is 0.682. The lowest BCUT2D eigenvalue weighted by atomic mass is 9.76. The van der Waals surface area contributed by atoms with E-state index in [1.54, 1.807) is 7.11 Å². The highest BCUT2D eigenvalue weighted by molar-refractivity contribution is 5.82. The minimum atomic E-state index is 0.0334. The van der Waals surface area contributed by atoms with Crippen LogP contribution in [0, 0.1) is 5.41 Å². The van der Waals surface area contributed by atoms with Crippen molar-refractivity contribution in [2.75, 3.05) is 46.9 Å². The minimum Gasteiger partial charge on any atom is -0.496 e. The number of methoxy groups -OCH3 is 1. The molecule has 2 saturated heterocycles. The standard InChI is InChI=1S/C22H35N3O2/c1-4-13-25-17-22(10-14-24(2)15-11-22)16-19(25)21(26)23-12-9-18-7-5-6-8-20(18)27-3/h5-8,19H,4,9-17H2,1-3H3,(H,23,26). The topological polar surface area (TPSA) is 44.8 Å². The first-order valence-corrected chi connectivity index (χ1v) is 10.4. The summed E-state index contributed by atoms with van der Waals surface area (Å²) in [5, 5.41) is 3.20. The summed E-state index contributed by atoms with van der Waals surface area (Å²) in [6.45, 7) is 7.27. The van der Waals surface area contributed by atoms with Crippen LogP contribution in [0.5, 0.6) is 5.75 Å². The second-order valence-electron chi connectivity index (χ2n) is 8.35. The number of hydrogen-bond acceptors (Lipinski definition) is 4. The predicted molar refractivity (Wildman–Crippen MR) is 109 cm³/mol. The van der Waals surface area contributed by atoms with Gasteiger partial charge in [-0.15, -0.1) is 0 Å². The van der Waals surface area contributed by atoms with Gasteiger partial charge in [-0.1, -0.05) is 25.1 Å². The summed E-state index contributed by atoms with van der Waals surface area (Å²) >= 11 is 0. The number of para-hydroxylation sites is 1. The fourth-order valence-electron chi connectivity index (χ4n) is 4.73. The molecule has 5 heteroatoms. The molecule has 3 rings (SSSR count). The van der Waals surface area contributed by atoms with Crippen molar-refractivity contribution in [2.45, 2.75) is 45.1 Å². The molecule has 0 bridgehead atoms. The monoisotopic (exact) mass is 373 g/mol. The zero-order valence-electron chi connectivity index (χ0n) is 17.2. The van der Waals surface area contributed by atoms with E-state index in [1.165, 1.54) is 12.8 Å². The van der Waals surface area contributed by atoms with Gasteiger partial charge in [-0.3, -0.25) is 9.69 Å². The van der Waals surface area contributed by atoms with Crippen molar-refractivity contribution in [2.24, 2.45) is 5.41 Å². The molecule has 0 aromatic heterocycles. The van der Waals surface area contributed by atoms with Crippen LogP contribution >= 0.6 is 0 Å². The van der Waals surface area contributed by atoms with Gasteiger partial charge >= 0.3 is 0 Å². The van der Waals surface area contributed by atoms with Crippen molar-refractivity contribution in [3.63, 3.8) is 0 Å². The van der Waals surface area contributed by atoms with Gasteiger partial charge in [0.05, 0.1) is 13.2 Å². The van der Waals surface area contributed by atoms with Crippen LogP contribution in [-0.4, -0.2) is 68.6 Å². The molecule has 5 nitrogen and oxygen atoms in total. The van der Waals surface area contributed by atoms with Gasteiger partial charge in [0.2, 0.25) is 5.91 Å². The van der Waals surface area contributed by atoms with Crippen LogP contribution in [0.3, 0.4) is 0 Å². The zero-order valence-corrected chi connectivity index (χ0v) is 17.2. The van der Waals surface area contributed by atoms with Crippen LogP contribution < -0.4 is 10.1 Å². The van der Waals surface area contributed by atoms with E-state index < -0.39 is 0 Å². The summed E-state index contributed by atoms with van der Waals surface area (Å²) in [4.78, 5) is 17.8. The number of nitrogens with zero attached hydrogens (tertiary/aromatic N) is 2. The Kier molecular flexibility index (Phi) is 6.77. The Bertz CT molecular complexity index is 626. The summed E-state index contributed by atoms with van der Waals surface area (Å²) in [5.41, 5.74) is 1.48. The molecule has 2 fully saturated rings. The molecule has 1 aromatic carbocycles. The van der Waals surface area contributed by atoms with Crippen molar-refractivity contribution in [3.05, 3.63) is 29.8 Å². The van der Waals surface area contributed by atoms with E-state index in [9.17, 15) is 4.79 Å². The highest BCUT2D eigenvalue weighted by atomic mass is 16.5. The summed E-state index contributed by atoms with van der Waals surface area (Å²) in [7, 11) is 3.90. The Morgan fingerprint density at radius 2 is 2.04 bits per heavy atom. The van der Waals surface area contributed by atoms with Crippen molar-refractivity contribution in [1.82, 2.24) is 15.1 Å². The van der Waals surface area contributed by atoms with Gasteiger partial charge in [0.25, 0.3) is 0 Å². The van der Waals surface area contributed by atoms with Gasteiger partial charge in [-0.25, -0.2) is 0 Å². The molecule has 2 heterocycles. The van der Waals surface area contributed by atoms with E-state index in [2.05, 4.69) is 35.2 Å². The van der Waals surface area contributed by atoms with Crippen LogP contribution in [0.4, 0.5) is 0 Å². The summed E-state index contributed by atoms with van der Waals surface area (Å²) in [6.07, 6.45) is 5.35. The maximum Gasteiger partial charge on any atom is 0.237 e. The molecule has 0 aliphatic carbocycles. The fourth-order valence-corrected chi connectivity index (χ4v) is 4.73.